The van der Waals surface area contributed by atoms with Crippen LogP contribution in [0.15, 0.2) is 54.6 Å². The van der Waals surface area contributed by atoms with Crippen molar-refractivity contribution in [2.24, 2.45) is 0 Å². The van der Waals surface area contributed by atoms with Crippen LogP contribution in [0.3, 0.4) is 0 Å². The number of nitrogens with zero attached hydrogens (tertiary/aromatic N) is 1. The Morgan fingerprint density at radius 1 is 1.04 bits per heavy atom. The van der Waals surface area contributed by atoms with Gasteiger partial charge in [-0.3, -0.25) is 14.7 Å². The van der Waals surface area contributed by atoms with Crippen molar-refractivity contribution in [2.45, 2.75) is 6.92 Å². The lowest BCUT2D eigenvalue weighted by atomic mass is 10.2. The molecule has 2 aromatic carbocycles. The number of H-pyrrole nitrogens is 1. The van der Waals surface area contributed by atoms with Crippen LogP contribution in [-0.2, 0) is 9.59 Å². The van der Waals surface area contributed by atoms with E-state index >= 15 is 0 Å². The van der Waals surface area contributed by atoms with E-state index in [4.69, 9.17) is 0 Å². The maximum Gasteiger partial charge on any atom is 0.248 e. The normalized spacial score (nSPS) is 10.9. The summed E-state index contributed by atoms with van der Waals surface area (Å²) >= 11 is 0. The summed E-state index contributed by atoms with van der Waals surface area (Å²) < 4.78 is 0. The Bertz CT molecular complexity index is 927. The zero-order valence-corrected chi connectivity index (χ0v) is 13.0. The Balaban J connectivity index is 1.70. The number of para-hydroxylation sites is 1. The molecule has 0 atom stereocenters. The standard InChI is InChI=1S/C18H16N4O2/c1-12(23)19-13-5-4-6-14(11-13)20-18(24)10-9-17-15-7-2-3-8-16(15)21-22-17/h2-11H,1H3,(H,19,23)(H,20,24)(H,21,22)/b10-9+. The maximum absolute atomic E-state index is 12.1. The minimum atomic E-state index is -0.276. The second kappa shape index (κ2) is 6.78. The number of carbonyl (C=O) groups excluding carboxylic acids is 2. The van der Waals surface area contributed by atoms with E-state index in [0.717, 1.165) is 10.9 Å². The summed E-state index contributed by atoms with van der Waals surface area (Å²) in [6, 6.07) is 14.7. The highest BCUT2D eigenvalue weighted by atomic mass is 16.2. The van der Waals surface area contributed by atoms with Crippen molar-refractivity contribution in [3.8, 4) is 0 Å². The average Bonchev–Trinajstić information content (AvgIpc) is 2.96. The van der Waals surface area contributed by atoms with Gasteiger partial charge in [-0.05, 0) is 30.3 Å². The Morgan fingerprint density at radius 2 is 1.79 bits per heavy atom. The van der Waals surface area contributed by atoms with Gasteiger partial charge in [-0.25, -0.2) is 0 Å². The Morgan fingerprint density at radius 3 is 2.58 bits per heavy atom. The first-order valence-electron chi connectivity index (χ1n) is 7.41. The maximum atomic E-state index is 12.1. The molecule has 0 aliphatic carbocycles. The van der Waals surface area contributed by atoms with Gasteiger partial charge in [0, 0.05) is 29.8 Å². The summed E-state index contributed by atoms with van der Waals surface area (Å²) in [6.45, 7) is 1.43. The number of amides is 2. The van der Waals surface area contributed by atoms with Crippen molar-refractivity contribution >= 4 is 40.2 Å². The molecule has 0 bridgehead atoms. The van der Waals surface area contributed by atoms with E-state index in [9.17, 15) is 9.59 Å². The van der Waals surface area contributed by atoms with Crippen LogP contribution in [0.1, 0.15) is 12.6 Å². The van der Waals surface area contributed by atoms with Crippen molar-refractivity contribution in [1.29, 1.82) is 0 Å². The van der Waals surface area contributed by atoms with E-state index in [1.165, 1.54) is 13.0 Å². The molecule has 0 unspecified atom stereocenters. The van der Waals surface area contributed by atoms with Crippen LogP contribution >= 0.6 is 0 Å². The second-order valence-corrected chi connectivity index (χ2v) is 5.24. The predicted octanol–water partition coefficient (Wildman–Crippen LogP) is 3.17. The molecule has 1 heterocycles. The van der Waals surface area contributed by atoms with Crippen LogP contribution in [-0.4, -0.2) is 22.0 Å². The number of aromatic amines is 1. The van der Waals surface area contributed by atoms with Gasteiger partial charge in [0.2, 0.25) is 11.8 Å². The molecule has 3 rings (SSSR count). The number of rotatable bonds is 4. The molecule has 6 nitrogen and oxygen atoms in total. The van der Waals surface area contributed by atoms with Crippen LogP contribution < -0.4 is 10.6 Å². The van der Waals surface area contributed by atoms with E-state index in [1.807, 2.05) is 24.3 Å². The van der Waals surface area contributed by atoms with E-state index in [-0.39, 0.29) is 11.8 Å². The second-order valence-electron chi connectivity index (χ2n) is 5.24. The summed E-state index contributed by atoms with van der Waals surface area (Å²) in [6.07, 6.45) is 3.08. The number of aromatic nitrogens is 2. The molecule has 0 spiro atoms. The minimum absolute atomic E-state index is 0.163. The first kappa shape index (κ1) is 15.5. The smallest absolute Gasteiger partial charge is 0.248 e. The molecule has 24 heavy (non-hydrogen) atoms. The number of hydrogen-bond donors (Lipinski definition) is 3. The Kier molecular flexibility index (Phi) is 4.38. The lowest BCUT2D eigenvalue weighted by Gasteiger charge is -2.06. The molecule has 0 fully saturated rings. The molecule has 1 aromatic heterocycles. The molecule has 0 saturated carbocycles. The predicted molar refractivity (Wildman–Crippen MR) is 94.5 cm³/mol. The third-order valence-electron chi connectivity index (χ3n) is 3.34. The molecule has 0 radical (unpaired) electrons. The third-order valence-corrected chi connectivity index (χ3v) is 3.34. The van der Waals surface area contributed by atoms with Crippen molar-refractivity contribution in [1.82, 2.24) is 10.2 Å². The molecule has 0 saturated heterocycles. The van der Waals surface area contributed by atoms with Gasteiger partial charge in [0.25, 0.3) is 0 Å². The molecule has 0 aliphatic rings. The zero-order valence-electron chi connectivity index (χ0n) is 13.0. The van der Waals surface area contributed by atoms with Crippen molar-refractivity contribution in [3.05, 3.63) is 60.3 Å². The van der Waals surface area contributed by atoms with Crippen LogP contribution in [0.5, 0.6) is 0 Å². The van der Waals surface area contributed by atoms with E-state index in [0.29, 0.717) is 17.1 Å². The fourth-order valence-corrected chi connectivity index (χ4v) is 2.33. The summed E-state index contributed by atoms with van der Waals surface area (Å²) in [5, 5.41) is 13.5. The molecule has 2 amide bonds. The third kappa shape index (κ3) is 3.67. The summed E-state index contributed by atoms with van der Waals surface area (Å²) in [5.41, 5.74) is 2.85. The van der Waals surface area contributed by atoms with Crippen LogP contribution in [0, 0.1) is 0 Å². The summed E-state index contributed by atoms with van der Waals surface area (Å²) in [5.74, 6) is -0.439. The molecule has 120 valence electrons. The topological polar surface area (TPSA) is 86.9 Å². The Labute approximate surface area is 138 Å². The monoisotopic (exact) mass is 320 g/mol. The van der Waals surface area contributed by atoms with Gasteiger partial charge in [-0.15, -0.1) is 0 Å². The van der Waals surface area contributed by atoms with Gasteiger partial charge in [-0.2, -0.15) is 5.10 Å². The molecule has 3 N–H and O–H groups in total. The fraction of sp³-hybridized carbons (Fsp3) is 0.0556. The van der Waals surface area contributed by atoms with Gasteiger partial charge in [0.15, 0.2) is 0 Å². The van der Waals surface area contributed by atoms with Crippen LogP contribution in [0.4, 0.5) is 11.4 Å². The van der Waals surface area contributed by atoms with E-state index < -0.39 is 0 Å². The van der Waals surface area contributed by atoms with Gasteiger partial charge >= 0.3 is 0 Å². The summed E-state index contributed by atoms with van der Waals surface area (Å²) in [4.78, 5) is 23.1. The summed E-state index contributed by atoms with van der Waals surface area (Å²) in [7, 11) is 0. The van der Waals surface area contributed by atoms with Crippen molar-refractivity contribution in [3.63, 3.8) is 0 Å². The molecule has 3 aromatic rings. The number of hydrogen-bond acceptors (Lipinski definition) is 3. The van der Waals surface area contributed by atoms with Gasteiger partial charge in [0.1, 0.15) is 0 Å². The van der Waals surface area contributed by atoms with E-state index in [2.05, 4.69) is 20.8 Å². The van der Waals surface area contributed by atoms with E-state index in [1.54, 1.807) is 30.3 Å². The lowest BCUT2D eigenvalue weighted by molar-refractivity contribution is -0.114. The highest BCUT2D eigenvalue weighted by Gasteiger charge is 2.03. The number of benzene rings is 2. The van der Waals surface area contributed by atoms with Gasteiger partial charge in [0.05, 0.1) is 11.2 Å². The van der Waals surface area contributed by atoms with Gasteiger partial charge in [-0.1, -0.05) is 24.3 Å². The largest absolute Gasteiger partial charge is 0.326 e. The molecular formula is C18H16N4O2. The quantitative estimate of drug-likeness (QED) is 0.645. The number of fused-ring (bicyclic) bond motifs is 1. The molecular weight excluding hydrogens is 304 g/mol. The average molecular weight is 320 g/mol. The number of carbonyl (C=O) groups is 2. The first-order valence-corrected chi connectivity index (χ1v) is 7.41. The van der Waals surface area contributed by atoms with Crippen LogP contribution in [0.25, 0.3) is 17.0 Å². The molecule has 0 aliphatic heterocycles. The first-order chi connectivity index (χ1) is 11.6. The van der Waals surface area contributed by atoms with Gasteiger partial charge < -0.3 is 10.6 Å². The van der Waals surface area contributed by atoms with Crippen molar-refractivity contribution < 1.29 is 9.59 Å². The van der Waals surface area contributed by atoms with Crippen LogP contribution in [0.2, 0.25) is 0 Å². The highest BCUT2D eigenvalue weighted by molar-refractivity contribution is 6.03. The van der Waals surface area contributed by atoms with Crippen molar-refractivity contribution in [2.75, 3.05) is 10.6 Å². The number of nitrogens with one attached hydrogen (secondary N) is 3. The molecule has 6 heteroatoms. The zero-order chi connectivity index (χ0) is 16.9. The highest BCUT2D eigenvalue weighted by Crippen LogP contribution is 2.17. The SMILES string of the molecule is CC(=O)Nc1cccc(NC(=O)/C=C/c2n[nH]c3ccccc23)c1. The Hall–Kier alpha value is -3.41. The number of anilines is 2. The minimum Gasteiger partial charge on any atom is -0.326 e. The fourth-order valence-electron chi connectivity index (χ4n) is 2.33. The lowest BCUT2D eigenvalue weighted by Crippen LogP contribution is -2.09.